The van der Waals surface area contributed by atoms with Gasteiger partial charge in [-0.1, -0.05) is 40.1 Å². The summed E-state index contributed by atoms with van der Waals surface area (Å²) in [5.41, 5.74) is 2.39. The lowest BCUT2D eigenvalue weighted by atomic mass is 9.80. The lowest BCUT2D eigenvalue weighted by Gasteiger charge is -2.25. The van der Waals surface area contributed by atoms with Crippen molar-refractivity contribution < 1.29 is 9.90 Å². The first kappa shape index (κ1) is 13.3. The van der Waals surface area contributed by atoms with Crippen LogP contribution in [-0.2, 0) is 11.2 Å². The largest absolute Gasteiger partial charge is 0.478 e. The van der Waals surface area contributed by atoms with E-state index >= 15 is 0 Å². The summed E-state index contributed by atoms with van der Waals surface area (Å²) in [4.78, 5) is 10.8. The highest BCUT2D eigenvalue weighted by atomic mass is 79.9. The van der Waals surface area contributed by atoms with Crippen LogP contribution in [0.4, 0.5) is 0 Å². The van der Waals surface area contributed by atoms with E-state index < -0.39 is 5.97 Å². The van der Waals surface area contributed by atoms with Crippen molar-refractivity contribution in [3.8, 4) is 0 Å². The molecule has 0 spiro atoms. The number of aliphatic carboxylic acids is 1. The molecule has 18 heavy (non-hydrogen) atoms. The third kappa shape index (κ3) is 3.70. The van der Waals surface area contributed by atoms with Crippen LogP contribution in [0.3, 0.4) is 0 Å². The highest BCUT2D eigenvalue weighted by Gasteiger charge is 2.20. The number of carboxylic acid groups (broad SMARTS) is 1. The molecule has 1 saturated carbocycles. The predicted molar refractivity (Wildman–Crippen MR) is 75.5 cm³/mol. The van der Waals surface area contributed by atoms with E-state index in [2.05, 4.69) is 28.1 Å². The number of benzene rings is 1. The van der Waals surface area contributed by atoms with Gasteiger partial charge in [-0.2, -0.15) is 0 Å². The molecule has 1 unspecified atom stereocenters. The third-order valence-electron chi connectivity index (χ3n) is 3.50. The van der Waals surface area contributed by atoms with Gasteiger partial charge in [-0.25, -0.2) is 4.79 Å². The second kappa shape index (κ2) is 6.19. The summed E-state index contributed by atoms with van der Waals surface area (Å²) in [6, 6.07) is 8.30. The van der Waals surface area contributed by atoms with E-state index in [1.165, 1.54) is 18.1 Å². The molecule has 2 rings (SSSR count). The number of hydrogen-bond donors (Lipinski definition) is 1. The normalized spacial score (nSPS) is 22.1. The fourth-order valence-corrected chi connectivity index (χ4v) is 2.86. The molecule has 96 valence electrons. The van der Waals surface area contributed by atoms with Crippen LogP contribution in [0.2, 0.25) is 0 Å². The minimum Gasteiger partial charge on any atom is -0.478 e. The summed E-state index contributed by atoms with van der Waals surface area (Å²) < 4.78 is 1.08. The number of rotatable bonds is 3. The Morgan fingerprint density at radius 2 is 2.06 bits per heavy atom. The van der Waals surface area contributed by atoms with Gasteiger partial charge in [0.25, 0.3) is 0 Å². The average Bonchev–Trinajstić information content (AvgIpc) is 2.34. The van der Waals surface area contributed by atoms with E-state index in [1.807, 2.05) is 12.1 Å². The van der Waals surface area contributed by atoms with Crippen molar-refractivity contribution in [3.05, 3.63) is 46.0 Å². The van der Waals surface area contributed by atoms with Gasteiger partial charge < -0.3 is 5.11 Å². The zero-order valence-corrected chi connectivity index (χ0v) is 11.8. The maximum absolute atomic E-state index is 10.8. The van der Waals surface area contributed by atoms with Crippen molar-refractivity contribution in [2.45, 2.75) is 32.1 Å². The quantitative estimate of drug-likeness (QED) is 0.850. The molecule has 1 aromatic carbocycles. The molecule has 1 aliphatic rings. The minimum atomic E-state index is -0.812. The molecule has 1 aromatic rings. The van der Waals surface area contributed by atoms with E-state index in [-0.39, 0.29) is 0 Å². The zero-order valence-electron chi connectivity index (χ0n) is 10.2. The van der Waals surface area contributed by atoms with Gasteiger partial charge in [0.15, 0.2) is 0 Å². The minimum absolute atomic E-state index is 0.399. The van der Waals surface area contributed by atoms with Crippen LogP contribution in [0.1, 0.15) is 31.2 Å². The molecule has 2 nitrogen and oxygen atoms in total. The molecule has 0 heterocycles. The number of hydrogen-bond acceptors (Lipinski definition) is 1. The fourth-order valence-electron chi connectivity index (χ4n) is 2.60. The summed E-state index contributed by atoms with van der Waals surface area (Å²) in [7, 11) is 0. The second-order valence-corrected chi connectivity index (χ2v) is 5.75. The molecule has 1 aliphatic carbocycles. The molecule has 0 saturated heterocycles. The van der Waals surface area contributed by atoms with Gasteiger partial charge in [-0.05, 0) is 49.3 Å². The number of allylic oxidation sites excluding steroid dienone is 1. The van der Waals surface area contributed by atoms with Crippen molar-refractivity contribution in [3.63, 3.8) is 0 Å². The van der Waals surface area contributed by atoms with Crippen LogP contribution in [0.15, 0.2) is 40.4 Å². The summed E-state index contributed by atoms with van der Waals surface area (Å²) in [6.07, 6.45) is 6.74. The molecule has 0 radical (unpaired) electrons. The van der Waals surface area contributed by atoms with E-state index in [1.54, 1.807) is 0 Å². The van der Waals surface area contributed by atoms with Crippen LogP contribution >= 0.6 is 15.9 Å². The molecule has 0 aromatic heterocycles. The lowest BCUT2D eigenvalue weighted by Crippen LogP contribution is -2.14. The first-order valence-corrected chi connectivity index (χ1v) is 7.12. The van der Waals surface area contributed by atoms with E-state index in [9.17, 15) is 4.79 Å². The Kier molecular flexibility index (Phi) is 4.59. The highest BCUT2D eigenvalue weighted by Crippen LogP contribution is 2.32. The smallest absolute Gasteiger partial charge is 0.328 e. The topological polar surface area (TPSA) is 37.3 Å². The van der Waals surface area contributed by atoms with Gasteiger partial charge in [0.05, 0.1) is 0 Å². The van der Waals surface area contributed by atoms with Gasteiger partial charge in [0.1, 0.15) is 0 Å². The SMILES string of the molecule is O=C(O)/C=C1\CCCCC1Cc1ccc(Br)cc1. The third-order valence-corrected chi connectivity index (χ3v) is 4.03. The van der Waals surface area contributed by atoms with E-state index in [4.69, 9.17) is 5.11 Å². The summed E-state index contributed by atoms with van der Waals surface area (Å²) in [6.45, 7) is 0. The Morgan fingerprint density at radius 1 is 1.33 bits per heavy atom. The molecule has 0 amide bonds. The molecule has 1 fully saturated rings. The van der Waals surface area contributed by atoms with Crippen molar-refractivity contribution in [1.29, 1.82) is 0 Å². The maximum Gasteiger partial charge on any atom is 0.328 e. The Labute approximate surface area is 116 Å². The molecule has 3 heteroatoms. The summed E-state index contributed by atoms with van der Waals surface area (Å²) >= 11 is 3.43. The Hall–Kier alpha value is -1.09. The van der Waals surface area contributed by atoms with E-state index in [0.29, 0.717) is 5.92 Å². The summed E-state index contributed by atoms with van der Waals surface area (Å²) in [5, 5.41) is 8.90. The highest BCUT2D eigenvalue weighted by molar-refractivity contribution is 9.10. The Balaban J connectivity index is 2.10. The Morgan fingerprint density at radius 3 is 2.72 bits per heavy atom. The van der Waals surface area contributed by atoms with Gasteiger partial charge in [0.2, 0.25) is 0 Å². The first-order chi connectivity index (χ1) is 8.65. The molecule has 0 bridgehead atoms. The van der Waals surface area contributed by atoms with Crippen molar-refractivity contribution in [1.82, 2.24) is 0 Å². The molecule has 1 atom stereocenters. The van der Waals surface area contributed by atoms with Crippen LogP contribution in [0.25, 0.3) is 0 Å². The first-order valence-electron chi connectivity index (χ1n) is 6.33. The van der Waals surface area contributed by atoms with Crippen molar-refractivity contribution >= 4 is 21.9 Å². The number of carbonyl (C=O) groups is 1. The van der Waals surface area contributed by atoms with Crippen LogP contribution < -0.4 is 0 Å². The fraction of sp³-hybridized carbons (Fsp3) is 0.400. The van der Waals surface area contributed by atoms with Gasteiger partial charge >= 0.3 is 5.97 Å². The van der Waals surface area contributed by atoms with Gasteiger partial charge in [-0.3, -0.25) is 0 Å². The number of carboxylic acids is 1. The molecule has 1 N–H and O–H groups in total. The predicted octanol–water partition coefficient (Wildman–Crippen LogP) is 4.19. The molecular formula is C15H17BrO2. The maximum atomic E-state index is 10.8. The zero-order chi connectivity index (χ0) is 13.0. The monoisotopic (exact) mass is 308 g/mol. The summed E-state index contributed by atoms with van der Waals surface area (Å²) in [5.74, 6) is -0.413. The van der Waals surface area contributed by atoms with E-state index in [0.717, 1.165) is 35.7 Å². The Bertz CT molecular complexity index is 448. The van der Waals surface area contributed by atoms with Crippen LogP contribution in [-0.4, -0.2) is 11.1 Å². The van der Waals surface area contributed by atoms with Crippen molar-refractivity contribution in [2.24, 2.45) is 5.92 Å². The number of halogens is 1. The molecule has 0 aliphatic heterocycles. The van der Waals surface area contributed by atoms with Crippen molar-refractivity contribution in [2.75, 3.05) is 0 Å². The lowest BCUT2D eigenvalue weighted by molar-refractivity contribution is -0.131. The standard InChI is InChI=1S/C15H17BrO2/c16-14-7-5-11(6-8-14)9-12-3-1-2-4-13(12)10-15(17)18/h5-8,10,12H,1-4,9H2,(H,17,18)/b13-10+. The second-order valence-electron chi connectivity index (χ2n) is 4.83. The van der Waals surface area contributed by atoms with Crippen LogP contribution in [0.5, 0.6) is 0 Å². The van der Waals surface area contributed by atoms with Gasteiger partial charge in [-0.15, -0.1) is 0 Å². The van der Waals surface area contributed by atoms with Gasteiger partial charge in [0, 0.05) is 10.5 Å². The molecular weight excluding hydrogens is 292 g/mol. The average molecular weight is 309 g/mol. The van der Waals surface area contributed by atoms with Crippen LogP contribution in [0, 0.1) is 5.92 Å².